The molecule has 140 valence electrons. The van der Waals surface area contributed by atoms with Crippen LogP contribution in [0.1, 0.15) is 52.0 Å². The van der Waals surface area contributed by atoms with Crippen LogP contribution in [-0.4, -0.2) is 47.4 Å². The number of rotatable bonds is 6. The van der Waals surface area contributed by atoms with Gasteiger partial charge in [0.2, 0.25) is 0 Å². The van der Waals surface area contributed by atoms with Gasteiger partial charge in [-0.2, -0.15) is 0 Å². The van der Waals surface area contributed by atoms with E-state index in [9.17, 15) is 5.11 Å². The number of piperidine rings is 1. The van der Waals surface area contributed by atoms with E-state index in [1.807, 2.05) is 0 Å². The zero-order valence-electron chi connectivity index (χ0n) is 16.0. The molecule has 4 heteroatoms. The molecule has 0 atom stereocenters. The van der Waals surface area contributed by atoms with E-state index in [4.69, 9.17) is 4.74 Å². The number of benzene rings is 1. The fourth-order valence-corrected chi connectivity index (χ4v) is 3.86. The maximum absolute atomic E-state index is 9.26. The summed E-state index contributed by atoms with van der Waals surface area (Å²) in [5, 5.41) is 12.9. The minimum absolute atomic E-state index is 0.0426. The molecule has 0 radical (unpaired) electrons. The first-order valence-corrected chi connectivity index (χ1v) is 9.78. The second-order valence-electron chi connectivity index (χ2n) is 8.77. The summed E-state index contributed by atoms with van der Waals surface area (Å²) < 4.78 is 6.02. The van der Waals surface area contributed by atoms with Crippen LogP contribution in [0.5, 0.6) is 0 Å². The Labute approximate surface area is 152 Å². The number of anilines is 1. The van der Waals surface area contributed by atoms with Crippen molar-refractivity contribution >= 4 is 5.69 Å². The topological polar surface area (TPSA) is 44.7 Å². The third-order valence-electron chi connectivity index (χ3n) is 5.28. The number of nitrogens with zero attached hydrogens (tertiary/aromatic N) is 1. The molecule has 1 aliphatic carbocycles. The van der Waals surface area contributed by atoms with Crippen LogP contribution in [0, 0.1) is 5.92 Å². The van der Waals surface area contributed by atoms with Crippen molar-refractivity contribution in [2.45, 2.75) is 70.7 Å². The highest BCUT2D eigenvalue weighted by molar-refractivity contribution is 5.47. The second kappa shape index (κ2) is 8.07. The van der Waals surface area contributed by atoms with Crippen LogP contribution < -0.4 is 5.32 Å². The number of aliphatic hydroxyl groups is 1. The molecule has 0 amide bonds. The summed E-state index contributed by atoms with van der Waals surface area (Å²) in [6, 6.07) is 9.35. The van der Waals surface area contributed by atoms with Gasteiger partial charge in [0.05, 0.1) is 11.7 Å². The molecule has 25 heavy (non-hydrogen) atoms. The number of likely N-dealkylation sites (tertiary alicyclic amines) is 1. The van der Waals surface area contributed by atoms with E-state index >= 15 is 0 Å². The summed E-state index contributed by atoms with van der Waals surface area (Å²) in [4.78, 5) is 2.50. The lowest BCUT2D eigenvalue weighted by molar-refractivity contribution is -0.0953. The van der Waals surface area contributed by atoms with Crippen molar-refractivity contribution in [2.75, 3.05) is 25.0 Å². The molecule has 2 N–H and O–H groups in total. The molecule has 1 saturated heterocycles. The van der Waals surface area contributed by atoms with Crippen LogP contribution in [0.3, 0.4) is 0 Å². The van der Waals surface area contributed by atoms with Crippen LogP contribution in [0.15, 0.2) is 24.3 Å². The molecular formula is C21H34N2O2. The molecule has 0 unspecified atom stereocenters. The standard InChI is InChI=1S/C21H34N2O2/c1-21(2,3)25-20-12-19(13-20)22-18-6-4-5-17(11-18)14-23-9-7-16(15-24)8-10-23/h4-6,11,16,19-20,22,24H,7-10,12-15H2,1-3H3. The summed E-state index contributed by atoms with van der Waals surface area (Å²) in [6.07, 6.45) is 4.82. The maximum atomic E-state index is 9.26. The Kier molecular flexibility index (Phi) is 6.03. The summed E-state index contributed by atoms with van der Waals surface area (Å²) in [5.41, 5.74) is 2.55. The van der Waals surface area contributed by atoms with Gasteiger partial charge in [-0.05, 0) is 83.2 Å². The van der Waals surface area contributed by atoms with Crippen molar-refractivity contribution in [3.63, 3.8) is 0 Å². The third-order valence-corrected chi connectivity index (χ3v) is 5.28. The third kappa shape index (κ3) is 5.70. The number of hydrogen-bond acceptors (Lipinski definition) is 4. The first kappa shape index (κ1) is 18.7. The highest BCUT2D eigenvalue weighted by Crippen LogP contribution is 2.30. The zero-order valence-corrected chi connectivity index (χ0v) is 16.0. The fraction of sp³-hybridized carbons (Fsp3) is 0.714. The van der Waals surface area contributed by atoms with E-state index in [1.165, 1.54) is 11.3 Å². The van der Waals surface area contributed by atoms with Gasteiger partial charge in [-0.25, -0.2) is 0 Å². The molecule has 0 aromatic heterocycles. The normalized spacial score (nSPS) is 25.6. The fourth-order valence-electron chi connectivity index (χ4n) is 3.86. The predicted octanol–water partition coefficient (Wildman–Crippen LogP) is 3.65. The lowest BCUT2D eigenvalue weighted by Crippen LogP contribution is -2.44. The van der Waals surface area contributed by atoms with Gasteiger partial charge in [0, 0.05) is 24.9 Å². The van der Waals surface area contributed by atoms with Crippen molar-refractivity contribution in [3.8, 4) is 0 Å². The van der Waals surface area contributed by atoms with Crippen LogP contribution in [0.4, 0.5) is 5.69 Å². The van der Waals surface area contributed by atoms with Crippen LogP contribution in [0.2, 0.25) is 0 Å². The molecule has 1 aromatic rings. The van der Waals surface area contributed by atoms with Crippen LogP contribution in [0.25, 0.3) is 0 Å². The number of nitrogens with one attached hydrogen (secondary N) is 1. The van der Waals surface area contributed by atoms with E-state index in [2.05, 4.69) is 55.3 Å². The smallest absolute Gasteiger partial charge is 0.0621 e. The van der Waals surface area contributed by atoms with Gasteiger partial charge < -0.3 is 15.2 Å². The van der Waals surface area contributed by atoms with Gasteiger partial charge in [-0.15, -0.1) is 0 Å². The monoisotopic (exact) mass is 346 g/mol. The van der Waals surface area contributed by atoms with Crippen molar-refractivity contribution in [3.05, 3.63) is 29.8 Å². The molecule has 4 nitrogen and oxygen atoms in total. The highest BCUT2D eigenvalue weighted by atomic mass is 16.5. The van der Waals surface area contributed by atoms with E-state index in [-0.39, 0.29) is 5.60 Å². The van der Waals surface area contributed by atoms with Crippen molar-refractivity contribution in [1.29, 1.82) is 0 Å². The first-order chi connectivity index (χ1) is 11.9. The molecular weight excluding hydrogens is 312 g/mol. The van der Waals surface area contributed by atoms with Gasteiger partial charge >= 0.3 is 0 Å². The Morgan fingerprint density at radius 1 is 1.20 bits per heavy atom. The van der Waals surface area contributed by atoms with E-state index in [1.54, 1.807) is 0 Å². The summed E-state index contributed by atoms with van der Waals surface area (Å²) in [7, 11) is 0. The average Bonchev–Trinajstić information content (AvgIpc) is 2.53. The minimum Gasteiger partial charge on any atom is -0.396 e. The van der Waals surface area contributed by atoms with E-state index in [0.717, 1.165) is 45.3 Å². The number of hydrogen-bond donors (Lipinski definition) is 2. The summed E-state index contributed by atoms with van der Waals surface area (Å²) in [6.45, 7) is 9.92. The van der Waals surface area contributed by atoms with Gasteiger partial charge in [-0.3, -0.25) is 4.90 Å². The summed E-state index contributed by atoms with van der Waals surface area (Å²) in [5.74, 6) is 0.506. The van der Waals surface area contributed by atoms with Crippen molar-refractivity contribution in [2.24, 2.45) is 5.92 Å². The molecule has 2 aliphatic rings. The van der Waals surface area contributed by atoms with E-state index < -0.39 is 0 Å². The molecule has 1 saturated carbocycles. The van der Waals surface area contributed by atoms with E-state index in [0.29, 0.717) is 24.7 Å². The molecule has 1 aliphatic heterocycles. The van der Waals surface area contributed by atoms with Gasteiger partial charge in [0.15, 0.2) is 0 Å². The largest absolute Gasteiger partial charge is 0.396 e. The van der Waals surface area contributed by atoms with Crippen molar-refractivity contribution in [1.82, 2.24) is 4.90 Å². The average molecular weight is 347 g/mol. The second-order valence-corrected chi connectivity index (χ2v) is 8.77. The lowest BCUT2D eigenvalue weighted by atomic mass is 9.88. The molecule has 1 aromatic carbocycles. The lowest BCUT2D eigenvalue weighted by Gasteiger charge is -2.40. The number of aliphatic hydroxyl groups excluding tert-OH is 1. The molecule has 0 spiro atoms. The van der Waals surface area contributed by atoms with Gasteiger partial charge in [0.1, 0.15) is 0 Å². The molecule has 2 fully saturated rings. The predicted molar refractivity (Wildman–Crippen MR) is 103 cm³/mol. The molecule has 3 rings (SSSR count). The SMILES string of the molecule is CC(C)(C)OC1CC(Nc2cccc(CN3CCC(CO)CC3)c2)C1. The first-order valence-electron chi connectivity index (χ1n) is 9.78. The van der Waals surface area contributed by atoms with Gasteiger partial charge in [-0.1, -0.05) is 12.1 Å². The Hall–Kier alpha value is -1.10. The Bertz CT molecular complexity index is 541. The maximum Gasteiger partial charge on any atom is 0.0621 e. The quantitative estimate of drug-likeness (QED) is 0.825. The Morgan fingerprint density at radius 3 is 2.56 bits per heavy atom. The Balaban J connectivity index is 1.45. The zero-order chi connectivity index (χ0) is 17.9. The van der Waals surface area contributed by atoms with Gasteiger partial charge in [0.25, 0.3) is 0 Å². The molecule has 0 bridgehead atoms. The Morgan fingerprint density at radius 2 is 1.92 bits per heavy atom. The molecule has 1 heterocycles. The van der Waals surface area contributed by atoms with Crippen molar-refractivity contribution < 1.29 is 9.84 Å². The summed E-state index contributed by atoms with van der Waals surface area (Å²) >= 11 is 0. The van der Waals surface area contributed by atoms with Crippen LogP contribution in [-0.2, 0) is 11.3 Å². The minimum atomic E-state index is -0.0426. The number of ether oxygens (including phenoxy) is 1. The highest BCUT2D eigenvalue weighted by Gasteiger charge is 2.32. The van der Waals surface area contributed by atoms with Crippen LogP contribution >= 0.6 is 0 Å².